The third-order valence-corrected chi connectivity index (χ3v) is 4.99. The molecule has 2 heterocycles. The molecule has 0 saturated carbocycles. The fourth-order valence-electron chi connectivity index (χ4n) is 3.40. The number of hydrogen-bond acceptors (Lipinski definition) is 7. The van der Waals surface area contributed by atoms with E-state index in [1.165, 1.54) is 5.56 Å². The molecule has 1 aromatic heterocycles. The maximum absolute atomic E-state index is 9.34. The highest BCUT2D eigenvalue weighted by molar-refractivity contribution is 5.72. The van der Waals surface area contributed by atoms with Crippen molar-refractivity contribution in [2.45, 2.75) is 6.42 Å². The van der Waals surface area contributed by atoms with E-state index in [1.807, 2.05) is 24.3 Å². The molecule has 0 spiro atoms. The largest absolute Gasteiger partial charge is 0.455 e. The standard InChI is InChI=1S/C23H23N5O2/c24-8-7-17-1-4-19(5-2-17)21-6-3-18(15-25)13-22(21)30-20-14-23(27-26-16-20)28-9-11-29-12-10-28/h1-6,13-14,16H,7-12,24H2. The van der Waals surface area contributed by atoms with Crippen molar-refractivity contribution in [1.29, 1.82) is 5.26 Å². The van der Waals surface area contributed by atoms with E-state index in [9.17, 15) is 5.26 Å². The Morgan fingerprint density at radius 2 is 1.90 bits per heavy atom. The summed E-state index contributed by atoms with van der Waals surface area (Å²) < 4.78 is 11.6. The van der Waals surface area contributed by atoms with Gasteiger partial charge in [0.05, 0.1) is 31.0 Å². The first-order chi connectivity index (χ1) is 14.8. The first kappa shape index (κ1) is 19.8. The second-order valence-corrected chi connectivity index (χ2v) is 7.01. The number of benzene rings is 2. The van der Waals surface area contributed by atoms with Crippen molar-refractivity contribution in [1.82, 2.24) is 10.2 Å². The molecule has 30 heavy (non-hydrogen) atoms. The van der Waals surface area contributed by atoms with Crippen LogP contribution in [0.25, 0.3) is 11.1 Å². The van der Waals surface area contributed by atoms with Gasteiger partial charge >= 0.3 is 0 Å². The van der Waals surface area contributed by atoms with Gasteiger partial charge in [-0.05, 0) is 42.3 Å². The molecule has 0 unspecified atom stereocenters. The van der Waals surface area contributed by atoms with Crippen LogP contribution in [0.5, 0.6) is 11.5 Å². The van der Waals surface area contributed by atoms with Gasteiger partial charge in [0.2, 0.25) is 0 Å². The van der Waals surface area contributed by atoms with Crippen LogP contribution in [0.3, 0.4) is 0 Å². The Kier molecular flexibility index (Phi) is 6.18. The average Bonchev–Trinajstić information content (AvgIpc) is 2.81. The van der Waals surface area contributed by atoms with Crippen molar-refractivity contribution >= 4 is 5.82 Å². The van der Waals surface area contributed by atoms with Gasteiger partial charge in [0.25, 0.3) is 0 Å². The van der Waals surface area contributed by atoms with Gasteiger partial charge in [0.15, 0.2) is 11.6 Å². The summed E-state index contributed by atoms with van der Waals surface area (Å²) in [5.41, 5.74) is 9.27. The summed E-state index contributed by atoms with van der Waals surface area (Å²) >= 11 is 0. The van der Waals surface area contributed by atoms with E-state index < -0.39 is 0 Å². The number of hydrogen-bond donors (Lipinski definition) is 1. The minimum Gasteiger partial charge on any atom is -0.455 e. The summed E-state index contributed by atoms with van der Waals surface area (Å²) in [6, 6.07) is 17.7. The first-order valence-corrected chi connectivity index (χ1v) is 9.93. The highest BCUT2D eigenvalue weighted by Gasteiger charge is 2.15. The topological polar surface area (TPSA) is 97.3 Å². The van der Waals surface area contributed by atoms with Crippen LogP contribution in [0, 0.1) is 11.3 Å². The highest BCUT2D eigenvalue weighted by atomic mass is 16.5. The number of anilines is 1. The first-order valence-electron chi connectivity index (χ1n) is 9.93. The molecule has 1 aliphatic rings. The average molecular weight is 401 g/mol. The molecule has 2 aromatic carbocycles. The highest BCUT2D eigenvalue weighted by Crippen LogP contribution is 2.35. The number of aromatic nitrogens is 2. The summed E-state index contributed by atoms with van der Waals surface area (Å²) in [5.74, 6) is 1.92. The molecule has 3 aromatic rings. The molecule has 4 rings (SSSR count). The molecule has 0 amide bonds. The summed E-state index contributed by atoms with van der Waals surface area (Å²) in [7, 11) is 0. The second-order valence-electron chi connectivity index (χ2n) is 7.01. The van der Waals surface area contributed by atoms with Crippen molar-refractivity contribution in [2.24, 2.45) is 5.73 Å². The smallest absolute Gasteiger partial charge is 0.155 e. The third kappa shape index (κ3) is 4.57. The molecular weight excluding hydrogens is 378 g/mol. The fraction of sp³-hybridized carbons (Fsp3) is 0.261. The molecule has 1 fully saturated rings. The second kappa shape index (κ2) is 9.35. The molecular formula is C23H23N5O2. The maximum atomic E-state index is 9.34. The Balaban J connectivity index is 1.64. The minimum absolute atomic E-state index is 0.531. The molecule has 1 saturated heterocycles. The van der Waals surface area contributed by atoms with Crippen molar-refractivity contribution in [3.8, 4) is 28.7 Å². The van der Waals surface area contributed by atoms with E-state index in [4.69, 9.17) is 15.2 Å². The Bertz CT molecular complexity index is 1040. The van der Waals surface area contributed by atoms with Gasteiger partial charge in [-0.2, -0.15) is 10.4 Å². The zero-order valence-electron chi connectivity index (χ0n) is 16.6. The molecule has 0 radical (unpaired) electrons. The molecule has 7 heteroatoms. The van der Waals surface area contributed by atoms with Gasteiger partial charge in [-0.3, -0.25) is 0 Å². The molecule has 0 atom stereocenters. The van der Waals surface area contributed by atoms with Crippen LogP contribution in [0.15, 0.2) is 54.7 Å². The van der Waals surface area contributed by atoms with E-state index >= 15 is 0 Å². The summed E-state index contributed by atoms with van der Waals surface area (Å²) in [6.07, 6.45) is 2.42. The van der Waals surface area contributed by atoms with Crippen LogP contribution in [0.4, 0.5) is 5.82 Å². The monoisotopic (exact) mass is 401 g/mol. The normalized spacial score (nSPS) is 13.7. The Morgan fingerprint density at radius 3 is 2.63 bits per heavy atom. The Morgan fingerprint density at radius 1 is 1.10 bits per heavy atom. The van der Waals surface area contributed by atoms with Crippen LogP contribution in [0.1, 0.15) is 11.1 Å². The van der Waals surface area contributed by atoms with Crippen molar-refractivity contribution < 1.29 is 9.47 Å². The van der Waals surface area contributed by atoms with Gasteiger partial charge in [0.1, 0.15) is 5.75 Å². The van der Waals surface area contributed by atoms with E-state index in [2.05, 4.69) is 33.3 Å². The lowest BCUT2D eigenvalue weighted by molar-refractivity contribution is 0.122. The Labute approximate surface area is 175 Å². The zero-order chi connectivity index (χ0) is 20.8. The number of nitrogens with two attached hydrogens (primary N) is 1. The molecule has 152 valence electrons. The summed E-state index contributed by atoms with van der Waals surface area (Å²) in [6.45, 7) is 3.48. The number of ether oxygens (including phenoxy) is 2. The van der Waals surface area contributed by atoms with Crippen LogP contribution >= 0.6 is 0 Å². The van der Waals surface area contributed by atoms with Crippen LogP contribution < -0.4 is 15.4 Å². The van der Waals surface area contributed by atoms with Crippen molar-refractivity contribution in [3.63, 3.8) is 0 Å². The predicted octanol–water partition coefficient (Wildman–Crippen LogP) is 3.15. The van der Waals surface area contributed by atoms with E-state index in [-0.39, 0.29) is 0 Å². The molecule has 0 aliphatic carbocycles. The predicted molar refractivity (Wildman–Crippen MR) is 114 cm³/mol. The lowest BCUT2D eigenvalue weighted by Gasteiger charge is -2.27. The van der Waals surface area contributed by atoms with Gasteiger partial charge in [0, 0.05) is 24.7 Å². The van der Waals surface area contributed by atoms with Gasteiger partial charge in [-0.25, -0.2) is 0 Å². The number of nitriles is 1. The molecule has 7 nitrogen and oxygen atoms in total. The maximum Gasteiger partial charge on any atom is 0.155 e. The van der Waals surface area contributed by atoms with Crippen LogP contribution in [0.2, 0.25) is 0 Å². The molecule has 0 bridgehead atoms. The van der Waals surface area contributed by atoms with Crippen molar-refractivity contribution in [2.75, 3.05) is 37.7 Å². The zero-order valence-corrected chi connectivity index (χ0v) is 16.6. The number of nitrogens with zero attached hydrogens (tertiary/aromatic N) is 4. The number of morpholine rings is 1. The van der Waals surface area contributed by atoms with E-state index in [0.29, 0.717) is 36.8 Å². The van der Waals surface area contributed by atoms with E-state index in [1.54, 1.807) is 18.3 Å². The van der Waals surface area contributed by atoms with Gasteiger partial charge in [-0.15, -0.1) is 5.10 Å². The van der Waals surface area contributed by atoms with Crippen molar-refractivity contribution in [3.05, 3.63) is 65.9 Å². The van der Waals surface area contributed by atoms with Gasteiger partial charge < -0.3 is 20.1 Å². The van der Waals surface area contributed by atoms with Crippen LogP contribution in [-0.4, -0.2) is 43.0 Å². The van der Waals surface area contributed by atoms with Crippen LogP contribution in [-0.2, 0) is 11.2 Å². The minimum atomic E-state index is 0.531. The third-order valence-electron chi connectivity index (χ3n) is 4.99. The SMILES string of the molecule is N#Cc1ccc(-c2ccc(CCN)cc2)c(Oc2cnnc(N3CCOCC3)c2)c1. The lowest BCUT2D eigenvalue weighted by atomic mass is 10.0. The lowest BCUT2D eigenvalue weighted by Crippen LogP contribution is -2.36. The quantitative estimate of drug-likeness (QED) is 0.677. The summed E-state index contributed by atoms with van der Waals surface area (Å²) in [4.78, 5) is 2.12. The molecule has 1 aliphatic heterocycles. The Hall–Kier alpha value is -3.47. The fourth-order valence-corrected chi connectivity index (χ4v) is 3.40. The summed E-state index contributed by atoms with van der Waals surface area (Å²) in [5, 5.41) is 17.7. The van der Waals surface area contributed by atoms with E-state index in [0.717, 1.165) is 36.5 Å². The van der Waals surface area contributed by atoms with Gasteiger partial charge in [-0.1, -0.05) is 24.3 Å². The molecule has 2 N–H and O–H groups in total. The number of rotatable bonds is 6.